The van der Waals surface area contributed by atoms with Crippen molar-refractivity contribution >= 4 is 5.91 Å². The molecule has 1 fully saturated rings. The molecule has 4 aliphatic rings. The predicted octanol–water partition coefficient (Wildman–Crippen LogP) is 3.22. The molecule has 1 saturated heterocycles. The van der Waals surface area contributed by atoms with Crippen molar-refractivity contribution in [1.82, 2.24) is 15.1 Å². The van der Waals surface area contributed by atoms with E-state index in [0.29, 0.717) is 35.7 Å². The topological polar surface area (TPSA) is 118 Å². The molecular weight excluding hydrogens is 723 g/mol. The molecule has 5 atom stereocenters. The second-order valence-electron chi connectivity index (χ2n) is 11.1. The number of nitriles is 1. The van der Waals surface area contributed by atoms with E-state index in [9.17, 15) is 20.3 Å². The minimum Gasteiger partial charge on any atom is -0.507 e. The molecule has 0 aromatic heterocycles. The molecule has 6 rings (SSSR count). The number of hydrogen-bond donors (Lipinski definition) is 3. The molecule has 0 aliphatic carbocycles. The van der Waals surface area contributed by atoms with Crippen molar-refractivity contribution in [3.63, 3.8) is 0 Å². The van der Waals surface area contributed by atoms with Gasteiger partial charge in [-0.3, -0.25) is 14.6 Å². The van der Waals surface area contributed by atoms with Gasteiger partial charge in [0.25, 0.3) is 0 Å². The van der Waals surface area contributed by atoms with E-state index in [1.165, 1.54) is 6.08 Å². The van der Waals surface area contributed by atoms with Crippen molar-refractivity contribution in [2.75, 3.05) is 20.4 Å². The van der Waals surface area contributed by atoms with E-state index in [1.807, 2.05) is 27.8 Å². The van der Waals surface area contributed by atoms with Gasteiger partial charge < -0.3 is 25.0 Å². The number of aryl methyl sites for hydroxylation is 1. The van der Waals surface area contributed by atoms with E-state index >= 15 is 0 Å². The van der Waals surface area contributed by atoms with Crippen LogP contribution < -0.4 is 14.8 Å². The van der Waals surface area contributed by atoms with Crippen LogP contribution in [0.4, 0.5) is 0 Å². The summed E-state index contributed by atoms with van der Waals surface area (Å²) in [6.07, 6.45) is 4.22. The first kappa shape index (κ1) is 29.2. The zero-order valence-electron chi connectivity index (χ0n) is 23.5. The Labute approximate surface area is 270 Å². The Kier molecular flexibility index (Phi) is 7.91. The zero-order valence-corrected chi connectivity index (χ0v) is 28.2. The van der Waals surface area contributed by atoms with Gasteiger partial charge in [-0.15, -0.1) is 0 Å². The number of phenols is 2. The number of nitrogens with zero attached hydrogens (tertiary/aromatic N) is 3. The van der Waals surface area contributed by atoms with Gasteiger partial charge in [0.1, 0.15) is 17.5 Å². The molecule has 1 unspecified atom stereocenters. The summed E-state index contributed by atoms with van der Waals surface area (Å²) in [5.41, 5.74) is 5.95. The van der Waals surface area contributed by atoms with Gasteiger partial charge in [-0.2, -0.15) is 5.26 Å². The maximum absolute atomic E-state index is 12.6. The molecule has 2 bridgehead atoms. The number of phenolic OH excluding ortho intramolecular Hbond substituents is 2. The van der Waals surface area contributed by atoms with Crippen LogP contribution in [-0.4, -0.2) is 64.4 Å². The van der Waals surface area contributed by atoms with E-state index < -0.39 is 12.1 Å². The van der Waals surface area contributed by atoms with Crippen LogP contribution >= 0.6 is 0 Å². The van der Waals surface area contributed by atoms with Crippen molar-refractivity contribution in [1.29, 1.82) is 5.26 Å². The molecule has 9 nitrogen and oxygen atoms in total. The second-order valence-corrected chi connectivity index (χ2v) is 11.1. The summed E-state index contributed by atoms with van der Waals surface area (Å²) in [6.45, 7) is 7.79. The van der Waals surface area contributed by atoms with Crippen LogP contribution in [0.25, 0.3) is 0 Å². The average Bonchev–Trinajstić information content (AvgIpc) is 3.40. The number of benzene rings is 2. The number of hydrogen-bond acceptors (Lipinski definition) is 8. The monoisotopic (exact) mass is 757 g/mol. The molecule has 1 radical (unpaired) electrons. The van der Waals surface area contributed by atoms with Gasteiger partial charge in [-0.25, -0.2) is 0 Å². The van der Waals surface area contributed by atoms with Crippen molar-refractivity contribution in [2.24, 2.45) is 0 Å². The molecule has 207 valence electrons. The third-order valence-electron chi connectivity index (χ3n) is 9.25. The Hall–Kier alpha value is -2.30. The fourth-order valence-electron chi connectivity index (χ4n) is 7.32. The van der Waals surface area contributed by atoms with Crippen LogP contribution in [0, 0.1) is 76.2 Å². The molecule has 4 heterocycles. The molecule has 3 N–H and O–H groups in total. The van der Waals surface area contributed by atoms with E-state index in [1.54, 1.807) is 13.0 Å². The molecule has 1 amide bonds. The number of rotatable bonds is 3. The van der Waals surface area contributed by atoms with Gasteiger partial charge in [-0.1, -0.05) is 12.1 Å². The number of carbonyl (C=O) groups excluding carboxylic acids is 1. The minimum absolute atomic E-state index is 0. The molecule has 2 aromatic carbocycles. The first-order valence-corrected chi connectivity index (χ1v) is 13.4. The molecule has 10 heteroatoms. The maximum atomic E-state index is 12.6. The first-order chi connectivity index (χ1) is 18.7. The Balaban J connectivity index is 0.00000323. The largest absolute Gasteiger partial charge is 0.507 e. The maximum Gasteiger partial charge on any atom is 0.243 e. The molecule has 4 aliphatic heterocycles. The minimum atomic E-state index is -0.494. The number of piperazine rings is 1. The number of nitrogens with one attached hydrogen (secondary N) is 1. The number of aromatic hydroxyl groups is 2. The fraction of sp³-hybridized carbons (Fsp3) is 0.467. The second kappa shape index (κ2) is 10.8. The van der Waals surface area contributed by atoms with Gasteiger partial charge in [0.15, 0.2) is 11.5 Å². The summed E-state index contributed by atoms with van der Waals surface area (Å²) in [4.78, 5) is 17.0. The van der Waals surface area contributed by atoms with Crippen molar-refractivity contribution in [2.45, 2.75) is 70.7 Å². The van der Waals surface area contributed by atoms with E-state index in [0.717, 1.165) is 33.4 Å². The molecular formula is C30H34AcN4O5. The standard InChI is InChI=1S/C30H34N4O5.Ac/c1-6-7-23(35)32-12-22-25-18(27(36)16(4)29-30(25)39-13-38-29)10-20-26-24-17(8-14(2)15(3)28(24)37)9-19(33(26)5)21(11-31)34(20)22;/h6-8,19-22,26,36-37H,9-10,12-13H2,1-5H3,(H,32,35);/b7-6+;/t19-,20?,21-,22-,26+;/m0./s1. The van der Waals surface area contributed by atoms with E-state index in [2.05, 4.69) is 27.3 Å². The third kappa shape index (κ3) is 4.16. The Morgan fingerprint density at radius 1 is 1.12 bits per heavy atom. The summed E-state index contributed by atoms with van der Waals surface area (Å²) in [5.74, 6) is 1.29. The van der Waals surface area contributed by atoms with Gasteiger partial charge in [0.2, 0.25) is 12.7 Å². The average molecular weight is 758 g/mol. The van der Waals surface area contributed by atoms with Crippen LogP contribution in [-0.2, 0) is 17.6 Å². The van der Waals surface area contributed by atoms with Crippen LogP contribution in [0.1, 0.15) is 58.0 Å². The van der Waals surface area contributed by atoms with Crippen LogP contribution in [0.5, 0.6) is 23.0 Å². The van der Waals surface area contributed by atoms with E-state index in [4.69, 9.17) is 9.47 Å². The predicted molar refractivity (Wildman–Crippen MR) is 144 cm³/mol. The fourth-order valence-corrected chi connectivity index (χ4v) is 7.32. The number of ether oxygens (including phenoxy) is 2. The number of fused-ring (bicyclic) bond motifs is 9. The normalized spacial score (nSPS) is 26.4. The quantitative estimate of drug-likeness (QED) is 0.409. The summed E-state index contributed by atoms with van der Waals surface area (Å²) >= 11 is 0. The molecule has 2 aromatic rings. The van der Waals surface area contributed by atoms with Crippen molar-refractivity contribution < 1.29 is 68.5 Å². The zero-order chi connectivity index (χ0) is 27.7. The Bertz CT molecular complexity index is 1470. The Morgan fingerprint density at radius 2 is 1.85 bits per heavy atom. The SMILES string of the molecule is C/C=C/C(=O)NC[C@H]1c2c(c(O)c(C)c3c2OCO3)CC2[C@@H]3c4c(cc(C)c(C)c4O)C[C@@H]([C@H](C#N)N21)N3C.[Ac]. The smallest absolute Gasteiger partial charge is 0.243 e. The van der Waals surface area contributed by atoms with Gasteiger partial charge in [0.05, 0.1) is 18.2 Å². The van der Waals surface area contributed by atoms with Gasteiger partial charge in [0, 0.05) is 84.9 Å². The molecule has 0 saturated carbocycles. The number of allylic oxidation sites excluding steroid dienone is 1. The first-order valence-electron chi connectivity index (χ1n) is 13.4. The van der Waals surface area contributed by atoms with Crippen LogP contribution in [0.3, 0.4) is 0 Å². The van der Waals surface area contributed by atoms with Crippen molar-refractivity contribution in [3.8, 4) is 29.1 Å². The van der Waals surface area contributed by atoms with Crippen LogP contribution in [0.2, 0.25) is 0 Å². The number of likely N-dealkylation sites (N-methyl/N-ethyl adjacent to an activating group) is 1. The summed E-state index contributed by atoms with van der Waals surface area (Å²) in [6, 6.07) is 3.21. The van der Waals surface area contributed by atoms with Crippen LogP contribution in [0.15, 0.2) is 18.2 Å². The van der Waals surface area contributed by atoms with Crippen molar-refractivity contribution in [3.05, 3.63) is 57.2 Å². The summed E-state index contributed by atoms with van der Waals surface area (Å²) in [5, 5.41) is 36.5. The summed E-state index contributed by atoms with van der Waals surface area (Å²) < 4.78 is 11.7. The van der Waals surface area contributed by atoms with E-state index in [-0.39, 0.29) is 87.2 Å². The molecule has 40 heavy (non-hydrogen) atoms. The molecule has 0 spiro atoms. The summed E-state index contributed by atoms with van der Waals surface area (Å²) in [7, 11) is 2.03. The number of carbonyl (C=O) groups is 1. The number of amides is 1. The Morgan fingerprint density at radius 3 is 2.55 bits per heavy atom. The van der Waals surface area contributed by atoms with Gasteiger partial charge >= 0.3 is 0 Å². The third-order valence-corrected chi connectivity index (χ3v) is 9.25. The van der Waals surface area contributed by atoms with Gasteiger partial charge in [-0.05, 0) is 70.4 Å².